The molecule has 168 valence electrons. The van der Waals surface area contributed by atoms with Gasteiger partial charge >= 0.3 is 0 Å². The summed E-state index contributed by atoms with van der Waals surface area (Å²) in [6, 6.07) is 10.7. The van der Waals surface area contributed by atoms with E-state index >= 15 is 0 Å². The molecule has 7 nitrogen and oxygen atoms in total. The fourth-order valence-electron chi connectivity index (χ4n) is 3.00. The molecule has 3 rings (SSSR count). The van der Waals surface area contributed by atoms with Gasteiger partial charge in [-0.05, 0) is 56.2 Å². The van der Waals surface area contributed by atoms with Gasteiger partial charge in [-0.3, -0.25) is 9.59 Å². The Labute approximate surface area is 200 Å². The van der Waals surface area contributed by atoms with Crippen LogP contribution in [0.15, 0.2) is 41.6 Å². The molecule has 0 radical (unpaired) electrons. The van der Waals surface area contributed by atoms with Gasteiger partial charge in [-0.2, -0.15) is 0 Å². The minimum Gasteiger partial charge on any atom is -0.326 e. The second kappa shape index (κ2) is 10.8. The number of benzene rings is 2. The molecule has 0 unspecified atom stereocenters. The predicted molar refractivity (Wildman–Crippen MR) is 130 cm³/mol. The quantitative estimate of drug-likeness (QED) is 0.426. The zero-order chi connectivity index (χ0) is 23.3. The summed E-state index contributed by atoms with van der Waals surface area (Å²) in [7, 11) is 0. The number of amides is 2. The van der Waals surface area contributed by atoms with Crippen LogP contribution in [-0.2, 0) is 22.6 Å². The molecule has 0 saturated heterocycles. The molecule has 32 heavy (non-hydrogen) atoms. The van der Waals surface area contributed by atoms with Crippen molar-refractivity contribution in [3.8, 4) is 0 Å². The van der Waals surface area contributed by atoms with Crippen LogP contribution in [0.3, 0.4) is 0 Å². The largest absolute Gasteiger partial charge is 0.326 e. The van der Waals surface area contributed by atoms with Crippen molar-refractivity contribution in [2.24, 2.45) is 0 Å². The SMILES string of the molecule is CCn1c(CC(=O)Nc2ccc(Cl)c(Cl)c2)nnc1SCC(=O)Nc1cccc(C)c1C. The first-order valence-electron chi connectivity index (χ1n) is 9.94. The molecule has 2 N–H and O–H groups in total. The van der Waals surface area contributed by atoms with Crippen molar-refractivity contribution in [2.45, 2.75) is 38.9 Å². The van der Waals surface area contributed by atoms with E-state index in [0.717, 1.165) is 16.8 Å². The molecule has 0 fully saturated rings. The number of aromatic nitrogens is 3. The van der Waals surface area contributed by atoms with Crippen molar-refractivity contribution in [3.63, 3.8) is 0 Å². The maximum Gasteiger partial charge on any atom is 0.234 e. The zero-order valence-electron chi connectivity index (χ0n) is 17.9. The molecule has 0 spiro atoms. The first kappa shape index (κ1) is 24.1. The number of thioether (sulfide) groups is 1. The standard InChI is InChI=1S/C22H23Cl2N5O2S/c1-4-29-19(11-20(30)25-15-8-9-16(23)17(24)10-15)27-28-22(29)32-12-21(31)26-18-7-5-6-13(2)14(18)3/h5-10H,4,11-12H2,1-3H3,(H,25,30)(H,26,31). The number of hydrogen-bond donors (Lipinski definition) is 2. The van der Waals surface area contributed by atoms with E-state index < -0.39 is 0 Å². The molecule has 1 aromatic heterocycles. The minimum absolute atomic E-state index is 0.0380. The minimum atomic E-state index is -0.255. The Morgan fingerprint density at radius 2 is 1.81 bits per heavy atom. The third-order valence-corrected chi connectivity index (χ3v) is 6.55. The van der Waals surface area contributed by atoms with Gasteiger partial charge in [-0.25, -0.2) is 0 Å². The molecule has 0 atom stereocenters. The monoisotopic (exact) mass is 491 g/mol. The number of nitrogens with zero attached hydrogens (tertiary/aromatic N) is 3. The number of halogens is 2. The first-order valence-corrected chi connectivity index (χ1v) is 11.7. The van der Waals surface area contributed by atoms with Gasteiger partial charge in [0.05, 0.1) is 22.2 Å². The van der Waals surface area contributed by atoms with E-state index in [9.17, 15) is 9.59 Å². The fraction of sp³-hybridized carbons (Fsp3) is 0.273. The third-order valence-electron chi connectivity index (χ3n) is 4.84. The van der Waals surface area contributed by atoms with Gasteiger partial charge in [0.1, 0.15) is 5.82 Å². The lowest BCUT2D eigenvalue weighted by atomic mass is 10.1. The second-order valence-corrected chi connectivity index (χ2v) is 8.84. The summed E-state index contributed by atoms with van der Waals surface area (Å²) in [4.78, 5) is 24.9. The Balaban J connectivity index is 1.60. The molecule has 0 aliphatic heterocycles. The van der Waals surface area contributed by atoms with Crippen LogP contribution in [0.1, 0.15) is 23.9 Å². The van der Waals surface area contributed by atoms with Gasteiger partial charge in [-0.1, -0.05) is 47.1 Å². The summed E-state index contributed by atoms with van der Waals surface area (Å²) in [5.41, 5.74) is 3.50. The molecule has 0 bridgehead atoms. The van der Waals surface area contributed by atoms with Crippen molar-refractivity contribution >= 4 is 58.2 Å². The average Bonchev–Trinajstić information content (AvgIpc) is 3.13. The Morgan fingerprint density at radius 3 is 2.53 bits per heavy atom. The summed E-state index contributed by atoms with van der Waals surface area (Å²) in [5.74, 6) is 0.312. The van der Waals surface area contributed by atoms with E-state index in [1.165, 1.54) is 11.8 Å². The van der Waals surface area contributed by atoms with Gasteiger partial charge in [0, 0.05) is 17.9 Å². The Bertz CT molecular complexity index is 1150. The van der Waals surface area contributed by atoms with Crippen LogP contribution in [0, 0.1) is 13.8 Å². The van der Waals surface area contributed by atoms with Crippen LogP contribution < -0.4 is 10.6 Å². The summed E-state index contributed by atoms with van der Waals surface area (Å²) < 4.78 is 1.82. The van der Waals surface area contributed by atoms with Gasteiger partial charge in [0.15, 0.2) is 5.16 Å². The van der Waals surface area contributed by atoms with E-state index in [2.05, 4.69) is 20.8 Å². The van der Waals surface area contributed by atoms with Crippen LogP contribution in [0.4, 0.5) is 11.4 Å². The highest BCUT2D eigenvalue weighted by Crippen LogP contribution is 2.25. The van der Waals surface area contributed by atoms with Crippen LogP contribution in [0.25, 0.3) is 0 Å². The number of rotatable bonds is 8. The van der Waals surface area contributed by atoms with E-state index in [1.807, 2.05) is 43.5 Å². The summed E-state index contributed by atoms with van der Waals surface area (Å²) in [5, 5.41) is 15.4. The van der Waals surface area contributed by atoms with Crippen molar-refractivity contribution < 1.29 is 9.59 Å². The number of hydrogen-bond acceptors (Lipinski definition) is 5. The highest BCUT2D eigenvalue weighted by Gasteiger charge is 2.16. The van der Waals surface area contributed by atoms with Gasteiger partial charge in [0.25, 0.3) is 0 Å². The maximum atomic E-state index is 12.4. The summed E-state index contributed by atoms with van der Waals surface area (Å²) in [6.07, 6.45) is 0.0380. The molecule has 0 saturated carbocycles. The molecule has 0 aliphatic rings. The van der Waals surface area contributed by atoms with E-state index in [0.29, 0.717) is 33.3 Å². The molecule has 2 amide bonds. The van der Waals surface area contributed by atoms with Crippen LogP contribution in [0.2, 0.25) is 10.0 Å². The van der Waals surface area contributed by atoms with Crippen molar-refractivity contribution in [3.05, 3.63) is 63.4 Å². The van der Waals surface area contributed by atoms with Crippen LogP contribution in [-0.4, -0.2) is 32.3 Å². The highest BCUT2D eigenvalue weighted by atomic mass is 35.5. The third kappa shape index (κ3) is 6.03. The van der Waals surface area contributed by atoms with Gasteiger partial charge < -0.3 is 15.2 Å². The second-order valence-electron chi connectivity index (χ2n) is 7.08. The lowest BCUT2D eigenvalue weighted by molar-refractivity contribution is -0.116. The Kier molecular flexibility index (Phi) is 8.17. The smallest absolute Gasteiger partial charge is 0.234 e. The van der Waals surface area contributed by atoms with E-state index in [1.54, 1.807) is 18.2 Å². The van der Waals surface area contributed by atoms with E-state index in [-0.39, 0.29) is 24.0 Å². The summed E-state index contributed by atoms with van der Waals surface area (Å²) >= 11 is 13.2. The zero-order valence-corrected chi connectivity index (χ0v) is 20.2. The molecular formula is C22H23Cl2N5O2S. The number of carbonyl (C=O) groups excluding carboxylic acids is 2. The van der Waals surface area contributed by atoms with Crippen LogP contribution in [0.5, 0.6) is 0 Å². The lowest BCUT2D eigenvalue weighted by Crippen LogP contribution is -2.18. The predicted octanol–water partition coefficient (Wildman–Crippen LogP) is 5.13. The van der Waals surface area contributed by atoms with Gasteiger partial charge in [0.2, 0.25) is 11.8 Å². The average molecular weight is 492 g/mol. The molecule has 1 heterocycles. The van der Waals surface area contributed by atoms with E-state index in [4.69, 9.17) is 23.2 Å². The molecule has 10 heteroatoms. The first-order chi connectivity index (χ1) is 15.3. The number of carbonyl (C=O) groups is 2. The number of aryl methyl sites for hydroxylation is 1. The molecule has 3 aromatic rings. The summed E-state index contributed by atoms with van der Waals surface area (Å²) in [6.45, 7) is 6.48. The Morgan fingerprint density at radius 1 is 1.03 bits per heavy atom. The normalized spacial score (nSPS) is 10.8. The maximum absolute atomic E-state index is 12.4. The van der Waals surface area contributed by atoms with Gasteiger partial charge in [-0.15, -0.1) is 10.2 Å². The number of nitrogens with one attached hydrogen (secondary N) is 2. The number of anilines is 2. The topological polar surface area (TPSA) is 88.9 Å². The Hall–Kier alpha value is -2.55. The fourth-order valence-corrected chi connectivity index (χ4v) is 4.12. The van der Waals surface area contributed by atoms with Crippen molar-refractivity contribution in [2.75, 3.05) is 16.4 Å². The highest BCUT2D eigenvalue weighted by molar-refractivity contribution is 7.99. The molecular weight excluding hydrogens is 469 g/mol. The van der Waals surface area contributed by atoms with Crippen molar-refractivity contribution in [1.29, 1.82) is 0 Å². The molecule has 2 aromatic carbocycles. The lowest BCUT2D eigenvalue weighted by Gasteiger charge is -2.11. The molecule has 0 aliphatic carbocycles. The van der Waals surface area contributed by atoms with Crippen molar-refractivity contribution in [1.82, 2.24) is 14.8 Å². The van der Waals surface area contributed by atoms with Crippen LogP contribution >= 0.6 is 35.0 Å².